The van der Waals surface area contributed by atoms with Crippen LogP contribution in [-0.2, 0) is 4.79 Å². The first-order valence-corrected chi connectivity index (χ1v) is 11.0. The van der Waals surface area contributed by atoms with Gasteiger partial charge in [0.25, 0.3) is 0 Å². The van der Waals surface area contributed by atoms with Gasteiger partial charge >= 0.3 is 5.97 Å². The van der Waals surface area contributed by atoms with Crippen molar-refractivity contribution < 1.29 is 20.1 Å². The fourth-order valence-corrected chi connectivity index (χ4v) is 3.88. The zero-order valence-electron chi connectivity index (χ0n) is 17.1. The number of unbranched alkanes of at least 4 members (excludes halogenated alkanes) is 6. The molecule has 0 aromatic heterocycles. The minimum Gasteiger partial charge on any atom is -0.481 e. The number of hydrogen-bond acceptors (Lipinski definition) is 3. The fourth-order valence-electron chi connectivity index (χ4n) is 3.88. The molecule has 4 unspecified atom stereocenters. The highest BCUT2D eigenvalue weighted by atomic mass is 16.4. The normalized spacial score (nSPS) is 24.2. The van der Waals surface area contributed by atoms with Gasteiger partial charge < -0.3 is 15.3 Å². The topological polar surface area (TPSA) is 77.8 Å². The van der Waals surface area contributed by atoms with Gasteiger partial charge in [0, 0.05) is 6.42 Å². The Bertz CT molecular complexity index is 444. The van der Waals surface area contributed by atoms with E-state index in [1.165, 1.54) is 25.7 Å². The summed E-state index contributed by atoms with van der Waals surface area (Å²) < 4.78 is 0. The Balaban J connectivity index is 2.27. The van der Waals surface area contributed by atoms with Crippen LogP contribution in [0.5, 0.6) is 0 Å². The molecule has 3 N–H and O–H groups in total. The number of carboxylic acids is 1. The molecule has 1 fully saturated rings. The summed E-state index contributed by atoms with van der Waals surface area (Å²) in [5.41, 5.74) is 0. The van der Waals surface area contributed by atoms with Crippen LogP contribution in [-0.4, -0.2) is 33.5 Å². The van der Waals surface area contributed by atoms with E-state index in [1.807, 2.05) is 6.08 Å². The Morgan fingerprint density at radius 1 is 1.07 bits per heavy atom. The van der Waals surface area contributed by atoms with Gasteiger partial charge in [-0.1, -0.05) is 63.3 Å². The molecule has 0 amide bonds. The van der Waals surface area contributed by atoms with E-state index in [-0.39, 0.29) is 24.5 Å². The van der Waals surface area contributed by atoms with Gasteiger partial charge in [-0.05, 0) is 56.8 Å². The standard InChI is InChI=1S/C23H40O4/c1-2-3-4-6-9-12-20(24)17-15-19-16-18-22(25)21(19)13-10-7-5-8-11-14-23(26)27/h7,10,15,17,19-22,24-25H,2-6,8-9,11-14,16,18H2,1H3,(H,26,27). The molecule has 0 aliphatic heterocycles. The van der Waals surface area contributed by atoms with Crippen LogP contribution in [0, 0.1) is 11.8 Å². The predicted molar refractivity (Wildman–Crippen MR) is 111 cm³/mol. The average molecular weight is 381 g/mol. The minimum absolute atomic E-state index is 0.230. The lowest BCUT2D eigenvalue weighted by Crippen LogP contribution is -2.17. The van der Waals surface area contributed by atoms with E-state index in [9.17, 15) is 15.0 Å². The summed E-state index contributed by atoms with van der Waals surface area (Å²) in [5, 5.41) is 29.0. The summed E-state index contributed by atoms with van der Waals surface area (Å²) in [7, 11) is 0. The molecule has 4 heteroatoms. The van der Waals surface area contributed by atoms with E-state index >= 15 is 0 Å². The molecule has 156 valence electrons. The Labute approximate surface area is 165 Å². The van der Waals surface area contributed by atoms with Gasteiger partial charge in [-0.15, -0.1) is 0 Å². The second kappa shape index (κ2) is 14.9. The summed E-state index contributed by atoms with van der Waals surface area (Å²) in [4.78, 5) is 10.5. The minimum atomic E-state index is -0.731. The third kappa shape index (κ3) is 11.3. The van der Waals surface area contributed by atoms with Crippen molar-refractivity contribution in [2.75, 3.05) is 0 Å². The number of aliphatic hydroxyl groups excluding tert-OH is 2. The third-order valence-electron chi connectivity index (χ3n) is 5.61. The molecule has 0 saturated heterocycles. The zero-order chi connectivity index (χ0) is 19.9. The van der Waals surface area contributed by atoms with Gasteiger partial charge in [0.05, 0.1) is 12.2 Å². The average Bonchev–Trinajstić information content (AvgIpc) is 2.98. The monoisotopic (exact) mass is 380 g/mol. The van der Waals surface area contributed by atoms with Crippen molar-refractivity contribution in [2.24, 2.45) is 11.8 Å². The molecule has 0 aromatic rings. The molecule has 0 spiro atoms. The Kier molecular flexibility index (Phi) is 13.2. The van der Waals surface area contributed by atoms with Crippen molar-refractivity contribution in [3.05, 3.63) is 24.3 Å². The maximum atomic E-state index is 10.5. The summed E-state index contributed by atoms with van der Waals surface area (Å²) in [6.07, 6.45) is 20.0. The van der Waals surface area contributed by atoms with Crippen molar-refractivity contribution in [2.45, 2.75) is 103 Å². The molecule has 1 saturated carbocycles. The third-order valence-corrected chi connectivity index (χ3v) is 5.61. The van der Waals surface area contributed by atoms with Gasteiger partial charge in [0.15, 0.2) is 0 Å². The molecule has 0 bridgehead atoms. The van der Waals surface area contributed by atoms with Gasteiger partial charge in [-0.2, -0.15) is 0 Å². The quantitative estimate of drug-likeness (QED) is 0.268. The van der Waals surface area contributed by atoms with Gasteiger partial charge in [0.1, 0.15) is 0 Å². The van der Waals surface area contributed by atoms with Crippen molar-refractivity contribution in [1.29, 1.82) is 0 Å². The molecule has 0 aromatic carbocycles. The van der Waals surface area contributed by atoms with Gasteiger partial charge in [0.2, 0.25) is 0 Å². The highest BCUT2D eigenvalue weighted by Gasteiger charge is 2.32. The fraction of sp³-hybridized carbons (Fsp3) is 0.783. The molecule has 4 atom stereocenters. The highest BCUT2D eigenvalue weighted by Crippen LogP contribution is 2.36. The van der Waals surface area contributed by atoms with E-state index in [0.717, 1.165) is 44.9 Å². The van der Waals surface area contributed by atoms with Crippen molar-refractivity contribution in [3.8, 4) is 0 Å². The Morgan fingerprint density at radius 3 is 2.59 bits per heavy atom. The molecule has 0 heterocycles. The largest absolute Gasteiger partial charge is 0.481 e. The van der Waals surface area contributed by atoms with E-state index in [2.05, 4.69) is 25.2 Å². The molecule has 0 radical (unpaired) electrons. The number of allylic oxidation sites excluding steroid dienone is 3. The number of aliphatic hydroxyl groups is 2. The van der Waals surface area contributed by atoms with Crippen LogP contribution >= 0.6 is 0 Å². The smallest absolute Gasteiger partial charge is 0.303 e. The molecule has 1 rings (SSSR count). The Hall–Kier alpha value is -1.13. The van der Waals surface area contributed by atoms with Crippen LogP contribution in [0.4, 0.5) is 0 Å². The molecule has 27 heavy (non-hydrogen) atoms. The van der Waals surface area contributed by atoms with Crippen LogP contribution in [0.1, 0.15) is 90.4 Å². The van der Waals surface area contributed by atoms with Crippen LogP contribution in [0.15, 0.2) is 24.3 Å². The van der Waals surface area contributed by atoms with Crippen LogP contribution in [0.25, 0.3) is 0 Å². The first-order valence-electron chi connectivity index (χ1n) is 11.0. The molecule has 4 nitrogen and oxygen atoms in total. The van der Waals surface area contributed by atoms with E-state index in [0.29, 0.717) is 12.3 Å². The van der Waals surface area contributed by atoms with Crippen molar-refractivity contribution >= 4 is 5.97 Å². The van der Waals surface area contributed by atoms with E-state index in [1.54, 1.807) is 0 Å². The summed E-state index contributed by atoms with van der Waals surface area (Å²) in [6.45, 7) is 2.21. The maximum absolute atomic E-state index is 10.5. The summed E-state index contributed by atoms with van der Waals surface area (Å²) in [6, 6.07) is 0. The van der Waals surface area contributed by atoms with Gasteiger partial charge in [-0.25, -0.2) is 0 Å². The number of rotatable bonds is 15. The highest BCUT2D eigenvalue weighted by molar-refractivity contribution is 5.66. The number of carboxylic acid groups (broad SMARTS) is 1. The maximum Gasteiger partial charge on any atom is 0.303 e. The van der Waals surface area contributed by atoms with Crippen LogP contribution < -0.4 is 0 Å². The number of hydrogen-bond donors (Lipinski definition) is 3. The zero-order valence-corrected chi connectivity index (χ0v) is 17.1. The van der Waals surface area contributed by atoms with E-state index in [4.69, 9.17) is 5.11 Å². The summed E-state index contributed by atoms with van der Waals surface area (Å²) in [5.74, 6) is -0.162. The number of carbonyl (C=O) groups is 1. The van der Waals surface area contributed by atoms with Gasteiger partial charge in [-0.3, -0.25) is 4.79 Å². The second-order valence-corrected chi connectivity index (χ2v) is 7.97. The first-order chi connectivity index (χ1) is 13.0. The lowest BCUT2D eigenvalue weighted by molar-refractivity contribution is -0.137. The summed E-state index contributed by atoms with van der Waals surface area (Å²) >= 11 is 0. The number of aliphatic carboxylic acids is 1. The first kappa shape index (κ1) is 23.9. The molecule has 1 aliphatic carbocycles. The van der Waals surface area contributed by atoms with Crippen LogP contribution in [0.2, 0.25) is 0 Å². The molecular weight excluding hydrogens is 340 g/mol. The SMILES string of the molecule is CCCCCCCC(O)C=CC1CCC(O)C1CC=CCCCCC(=O)O. The second-order valence-electron chi connectivity index (χ2n) is 7.97. The molecular formula is C23H40O4. The lowest BCUT2D eigenvalue weighted by atomic mass is 9.90. The Morgan fingerprint density at radius 2 is 1.85 bits per heavy atom. The van der Waals surface area contributed by atoms with Crippen molar-refractivity contribution in [1.82, 2.24) is 0 Å². The molecule has 1 aliphatic rings. The predicted octanol–water partition coefficient (Wildman–Crippen LogP) is 5.24. The van der Waals surface area contributed by atoms with Crippen LogP contribution in [0.3, 0.4) is 0 Å². The van der Waals surface area contributed by atoms with Crippen molar-refractivity contribution in [3.63, 3.8) is 0 Å². The lowest BCUT2D eigenvalue weighted by Gasteiger charge is -2.18. The van der Waals surface area contributed by atoms with E-state index < -0.39 is 5.97 Å².